The molecule has 0 saturated carbocycles. The Labute approximate surface area is 161 Å². The quantitative estimate of drug-likeness (QED) is 0.832. The SMILES string of the molecule is C[C@@H](N1CCC2(CC1)OCCO2)[C@](O)(Cn1cncn1)c1ccc(F)cc1F. The van der Waals surface area contributed by atoms with Gasteiger partial charge >= 0.3 is 0 Å². The fourth-order valence-corrected chi connectivity index (χ4v) is 4.18. The lowest BCUT2D eigenvalue weighted by atomic mass is 9.84. The van der Waals surface area contributed by atoms with Crippen molar-refractivity contribution in [2.24, 2.45) is 0 Å². The van der Waals surface area contributed by atoms with Crippen LogP contribution in [-0.2, 0) is 21.6 Å². The summed E-state index contributed by atoms with van der Waals surface area (Å²) < 4.78 is 41.1. The van der Waals surface area contributed by atoms with Gasteiger partial charge in [-0.3, -0.25) is 4.90 Å². The highest BCUT2D eigenvalue weighted by molar-refractivity contribution is 5.27. The summed E-state index contributed by atoms with van der Waals surface area (Å²) in [4.78, 5) is 5.98. The molecule has 9 heteroatoms. The molecule has 4 rings (SSSR count). The van der Waals surface area contributed by atoms with Crippen LogP contribution < -0.4 is 0 Å². The van der Waals surface area contributed by atoms with Gasteiger partial charge in [-0.15, -0.1) is 0 Å². The van der Waals surface area contributed by atoms with E-state index in [-0.39, 0.29) is 12.1 Å². The molecule has 1 aromatic carbocycles. The number of aliphatic hydroxyl groups is 1. The highest BCUT2D eigenvalue weighted by atomic mass is 19.1. The number of ether oxygens (including phenoxy) is 2. The average Bonchev–Trinajstić information content (AvgIpc) is 3.34. The Balaban J connectivity index is 1.61. The minimum Gasteiger partial charge on any atom is -0.381 e. The summed E-state index contributed by atoms with van der Waals surface area (Å²) in [6.45, 7) is 4.27. The third-order valence-corrected chi connectivity index (χ3v) is 5.88. The molecule has 0 amide bonds. The van der Waals surface area contributed by atoms with E-state index < -0.39 is 29.1 Å². The zero-order valence-corrected chi connectivity index (χ0v) is 15.7. The highest BCUT2D eigenvalue weighted by Crippen LogP contribution is 2.37. The molecule has 0 unspecified atom stereocenters. The van der Waals surface area contributed by atoms with Crippen molar-refractivity contribution in [3.8, 4) is 0 Å². The molecule has 2 aromatic rings. The van der Waals surface area contributed by atoms with E-state index in [2.05, 4.69) is 15.0 Å². The molecule has 0 bridgehead atoms. The summed E-state index contributed by atoms with van der Waals surface area (Å²) in [7, 11) is 0. The van der Waals surface area contributed by atoms with Gasteiger partial charge in [0, 0.05) is 43.6 Å². The normalized spacial score (nSPS) is 23.0. The topological polar surface area (TPSA) is 72.6 Å². The number of aromatic nitrogens is 3. The second-order valence-electron chi connectivity index (χ2n) is 7.46. The first-order valence-corrected chi connectivity index (χ1v) is 9.44. The Morgan fingerprint density at radius 1 is 1.25 bits per heavy atom. The third-order valence-electron chi connectivity index (χ3n) is 5.88. The van der Waals surface area contributed by atoms with Crippen LogP contribution in [0.3, 0.4) is 0 Å². The predicted molar refractivity (Wildman–Crippen MR) is 95.2 cm³/mol. The van der Waals surface area contributed by atoms with Crippen LogP contribution >= 0.6 is 0 Å². The maximum atomic E-state index is 14.6. The molecule has 1 N–H and O–H groups in total. The molecule has 0 radical (unpaired) electrons. The maximum Gasteiger partial charge on any atom is 0.170 e. The number of nitrogens with zero attached hydrogens (tertiary/aromatic N) is 4. The van der Waals surface area contributed by atoms with E-state index in [9.17, 15) is 13.9 Å². The number of piperidine rings is 1. The summed E-state index contributed by atoms with van der Waals surface area (Å²) >= 11 is 0. The predicted octanol–water partition coefficient (Wildman–Crippen LogP) is 1.67. The van der Waals surface area contributed by atoms with Crippen molar-refractivity contribution in [3.05, 3.63) is 48.1 Å². The molecule has 1 spiro atoms. The van der Waals surface area contributed by atoms with Crippen molar-refractivity contribution in [1.29, 1.82) is 0 Å². The van der Waals surface area contributed by atoms with Gasteiger partial charge < -0.3 is 14.6 Å². The largest absolute Gasteiger partial charge is 0.381 e. The number of likely N-dealkylation sites (tertiary alicyclic amines) is 1. The third kappa shape index (κ3) is 3.55. The summed E-state index contributed by atoms with van der Waals surface area (Å²) in [5, 5.41) is 15.7. The van der Waals surface area contributed by atoms with Crippen molar-refractivity contribution in [2.45, 2.75) is 43.7 Å². The summed E-state index contributed by atoms with van der Waals surface area (Å²) in [6.07, 6.45) is 4.15. The smallest absolute Gasteiger partial charge is 0.170 e. The minimum absolute atomic E-state index is 0.00857. The first-order chi connectivity index (χ1) is 13.4. The molecule has 2 aliphatic heterocycles. The Hall–Kier alpha value is -1.94. The van der Waals surface area contributed by atoms with E-state index in [0.717, 1.165) is 12.1 Å². The Morgan fingerprint density at radius 3 is 2.57 bits per heavy atom. The van der Waals surface area contributed by atoms with Crippen molar-refractivity contribution in [3.63, 3.8) is 0 Å². The van der Waals surface area contributed by atoms with Crippen LogP contribution in [-0.4, -0.2) is 62.9 Å². The monoisotopic (exact) mass is 394 g/mol. The number of rotatable bonds is 5. The molecule has 2 saturated heterocycles. The van der Waals surface area contributed by atoms with Crippen LogP contribution in [0.15, 0.2) is 30.9 Å². The molecule has 1 aromatic heterocycles. The van der Waals surface area contributed by atoms with Gasteiger partial charge in [0.15, 0.2) is 5.79 Å². The fourth-order valence-electron chi connectivity index (χ4n) is 4.18. The van der Waals surface area contributed by atoms with Gasteiger partial charge in [0.25, 0.3) is 0 Å². The molecule has 28 heavy (non-hydrogen) atoms. The Morgan fingerprint density at radius 2 is 1.96 bits per heavy atom. The Kier molecular flexibility index (Phi) is 5.17. The van der Waals surface area contributed by atoms with Gasteiger partial charge in [0.2, 0.25) is 0 Å². The summed E-state index contributed by atoms with van der Waals surface area (Å²) in [5.41, 5.74) is -1.60. The first kappa shape index (κ1) is 19.4. The van der Waals surface area contributed by atoms with Crippen molar-refractivity contribution < 1.29 is 23.4 Å². The summed E-state index contributed by atoms with van der Waals surface area (Å²) in [6, 6.07) is 2.78. The lowest BCUT2D eigenvalue weighted by Gasteiger charge is -2.45. The second-order valence-corrected chi connectivity index (χ2v) is 7.46. The van der Waals surface area contributed by atoms with Crippen molar-refractivity contribution in [1.82, 2.24) is 19.7 Å². The average molecular weight is 394 g/mol. The highest BCUT2D eigenvalue weighted by Gasteiger charge is 2.46. The molecular weight excluding hydrogens is 370 g/mol. The summed E-state index contributed by atoms with van der Waals surface area (Å²) in [5.74, 6) is -2.01. The van der Waals surface area contributed by atoms with E-state index >= 15 is 0 Å². The van der Waals surface area contributed by atoms with Gasteiger partial charge in [-0.1, -0.05) is 6.07 Å². The van der Waals surface area contributed by atoms with E-state index in [1.54, 1.807) is 0 Å². The first-order valence-electron chi connectivity index (χ1n) is 9.44. The molecule has 2 fully saturated rings. The van der Waals surface area contributed by atoms with Gasteiger partial charge in [-0.25, -0.2) is 18.4 Å². The molecular formula is C19H24F2N4O3. The maximum absolute atomic E-state index is 14.6. The number of benzene rings is 1. The van der Waals surface area contributed by atoms with Crippen LogP contribution in [0, 0.1) is 11.6 Å². The van der Waals surface area contributed by atoms with Gasteiger partial charge in [0.1, 0.15) is 29.9 Å². The van der Waals surface area contributed by atoms with E-state index in [1.807, 2.05) is 6.92 Å². The lowest BCUT2D eigenvalue weighted by molar-refractivity contribution is -0.194. The lowest BCUT2D eigenvalue weighted by Crippen LogP contribution is -2.56. The van der Waals surface area contributed by atoms with Crippen LogP contribution in [0.2, 0.25) is 0 Å². The molecule has 0 aliphatic carbocycles. The standard InChI is InChI=1S/C19H24F2N4O3/c1-14(24-6-4-18(5-7-24)27-8-9-28-18)19(26,11-25-13-22-12-23-25)16-3-2-15(20)10-17(16)21/h2-3,10,12-14,26H,4-9,11H2,1H3/t14-,19-/m1/s1. The van der Waals surface area contributed by atoms with Gasteiger partial charge in [0.05, 0.1) is 19.8 Å². The van der Waals surface area contributed by atoms with Crippen molar-refractivity contribution in [2.75, 3.05) is 26.3 Å². The molecule has 3 heterocycles. The molecule has 2 atom stereocenters. The number of halogens is 2. The molecule has 2 aliphatic rings. The fraction of sp³-hybridized carbons (Fsp3) is 0.579. The number of hydrogen-bond donors (Lipinski definition) is 1. The van der Waals surface area contributed by atoms with Gasteiger partial charge in [-0.05, 0) is 13.0 Å². The molecule has 7 nitrogen and oxygen atoms in total. The van der Waals surface area contributed by atoms with E-state index in [4.69, 9.17) is 9.47 Å². The Bertz CT molecular complexity index is 804. The van der Waals surface area contributed by atoms with Crippen LogP contribution in [0.4, 0.5) is 8.78 Å². The molecule has 152 valence electrons. The van der Waals surface area contributed by atoms with Crippen LogP contribution in [0.25, 0.3) is 0 Å². The van der Waals surface area contributed by atoms with Crippen LogP contribution in [0.5, 0.6) is 0 Å². The second kappa shape index (κ2) is 7.47. The van der Waals surface area contributed by atoms with Crippen LogP contribution in [0.1, 0.15) is 25.3 Å². The minimum atomic E-state index is -1.63. The van der Waals surface area contributed by atoms with E-state index in [1.165, 1.54) is 23.4 Å². The van der Waals surface area contributed by atoms with Gasteiger partial charge in [-0.2, -0.15) is 5.10 Å². The zero-order valence-electron chi connectivity index (χ0n) is 15.7. The number of hydrogen-bond acceptors (Lipinski definition) is 6. The van der Waals surface area contributed by atoms with E-state index in [0.29, 0.717) is 39.1 Å². The van der Waals surface area contributed by atoms with Crippen molar-refractivity contribution >= 4 is 0 Å². The zero-order chi connectivity index (χ0) is 19.8.